The normalized spacial score (nSPS) is 10.4. The maximum atomic E-state index is 13.8. The number of amides is 1. The number of carbonyl (C=O) groups excluding carboxylic acids is 2. The minimum absolute atomic E-state index is 0.132. The molecular formula is C24H20FNO6. The predicted molar refractivity (Wildman–Crippen MR) is 116 cm³/mol. The van der Waals surface area contributed by atoms with Crippen LogP contribution in [0.15, 0.2) is 54.6 Å². The third kappa shape index (κ3) is 4.59. The van der Waals surface area contributed by atoms with Crippen molar-refractivity contribution in [3.8, 4) is 33.8 Å². The van der Waals surface area contributed by atoms with Crippen molar-refractivity contribution in [2.24, 2.45) is 0 Å². The Morgan fingerprint density at radius 2 is 1.66 bits per heavy atom. The fourth-order valence-electron chi connectivity index (χ4n) is 3.36. The summed E-state index contributed by atoms with van der Waals surface area (Å²) in [6.07, 6.45) is 0. The van der Waals surface area contributed by atoms with Gasteiger partial charge < -0.3 is 19.9 Å². The van der Waals surface area contributed by atoms with Gasteiger partial charge in [-0.2, -0.15) is 0 Å². The minimum atomic E-state index is -1.35. The summed E-state index contributed by atoms with van der Waals surface area (Å²) in [5.74, 6) is -3.16. The van der Waals surface area contributed by atoms with Gasteiger partial charge in [0.15, 0.2) is 5.75 Å². The molecule has 164 valence electrons. The standard InChI is InChI=1S/C24H20FNO6/c1-13(27)26-22-18(17-10-9-16(25)11-20(17)31-3)12-19(24(29)30)23(32-14(2)28)21(22)15-7-5-4-6-8-15/h4-12H,1-3H3,(H,26,27)(H,29,30). The Morgan fingerprint density at radius 3 is 2.22 bits per heavy atom. The van der Waals surface area contributed by atoms with Gasteiger partial charge in [-0.05, 0) is 23.8 Å². The van der Waals surface area contributed by atoms with Gasteiger partial charge in [-0.15, -0.1) is 0 Å². The van der Waals surface area contributed by atoms with Crippen molar-refractivity contribution in [2.45, 2.75) is 13.8 Å². The molecule has 0 fully saturated rings. The molecule has 0 radical (unpaired) electrons. The second-order valence-corrected chi connectivity index (χ2v) is 6.84. The molecule has 0 aromatic heterocycles. The lowest BCUT2D eigenvalue weighted by atomic mass is 9.91. The van der Waals surface area contributed by atoms with Gasteiger partial charge in [-0.1, -0.05) is 30.3 Å². The molecule has 8 heteroatoms. The summed E-state index contributed by atoms with van der Waals surface area (Å²) >= 11 is 0. The molecule has 7 nitrogen and oxygen atoms in total. The smallest absolute Gasteiger partial charge is 0.339 e. The summed E-state index contributed by atoms with van der Waals surface area (Å²) in [5, 5.41) is 12.6. The van der Waals surface area contributed by atoms with Crippen molar-refractivity contribution in [1.29, 1.82) is 0 Å². The lowest BCUT2D eigenvalue weighted by molar-refractivity contribution is -0.131. The highest BCUT2D eigenvalue weighted by molar-refractivity contribution is 6.08. The van der Waals surface area contributed by atoms with E-state index < -0.39 is 23.7 Å². The Bertz CT molecular complexity index is 1210. The minimum Gasteiger partial charge on any atom is -0.496 e. The summed E-state index contributed by atoms with van der Waals surface area (Å²) < 4.78 is 24.4. The molecular weight excluding hydrogens is 417 g/mol. The molecule has 0 aliphatic heterocycles. The SMILES string of the molecule is COc1cc(F)ccc1-c1cc(C(=O)O)c(OC(C)=O)c(-c2ccccc2)c1NC(C)=O. The van der Waals surface area contributed by atoms with Crippen LogP contribution in [0.3, 0.4) is 0 Å². The number of esters is 1. The monoisotopic (exact) mass is 437 g/mol. The molecule has 32 heavy (non-hydrogen) atoms. The van der Waals surface area contributed by atoms with Crippen LogP contribution in [0.1, 0.15) is 24.2 Å². The molecule has 0 aliphatic carbocycles. The number of carbonyl (C=O) groups is 3. The largest absolute Gasteiger partial charge is 0.496 e. The molecule has 0 unspecified atom stereocenters. The van der Waals surface area contributed by atoms with E-state index in [4.69, 9.17) is 9.47 Å². The Balaban J connectivity index is 2.52. The van der Waals surface area contributed by atoms with E-state index in [1.165, 1.54) is 32.2 Å². The van der Waals surface area contributed by atoms with Crippen LogP contribution in [-0.4, -0.2) is 30.1 Å². The van der Waals surface area contributed by atoms with Crippen molar-refractivity contribution in [3.63, 3.8) is 0 Å². The van der Waals surface area contributed by atoms with E-state index in [9.17, 15) is 23.9 Å². The third-order valence-corrected chi connectivity index (χ3v) is 4.57. The number of ether oxygens (including phenoxy) is 2. The van der Waals surface area contributed by atoms with E-state index >= 15 is 0 Å². The van der Waals surface area contributed by atoms with Crippen LogP contribution in [0.5, 0.6) is 11.5 Å². The summed E-state index contributed by atoms with van der Waals surface area (Å²) in [6.45, 7) is 2.44. The number of anilines is 1. The van der Waals surface area contributed by atoms with Gasteiger partial charge in [-0.25, -0.2) is 9.18 Å². The van der Waals surface area contributed by atoms with Crippen LogP contribution in [0, 0.1) is 5.82 Å². The lowest BCUT2D eigenvalue weighted by Crippen LogP contribution is -2.14. The number of hydrogen-bond donors (Lipinski definition) is 2. The molecule has 0 aliphatic rings. The van der Waals surface area contributed by atoms with Gasteiger partial charge in [0.2, 0.25) is 5.91 Å². The van der Waals surface area contributed by atoms with Gasteiger partial charge in [0.25, 0.3) is 0 Å². The zero-order chi connectivity index (χ0) is 23.4. The van der Waals surface area contributed by atoms with Crippen LogP contribution in [-0.2, 0) is 9.59 Å². The van der Waals surface area contributed by atoms with Crippen LogP contribution in [0.4, 0.5) is 10.1 Å². The van der Waals surface area contributed by atoms with E-state index in [-0.39, 0.29) is 33.9 Å². The second-order valence-electron chi connectivity index (χ2n) is 6.84. The average molecular weight is 437 g/mol. The molecule has 2 N–H and O–H groups in total. The topological polar surface area (TPSA) is 102 Å². The number of nitrogens with one attached hydrogen (secondary N) is 1. The van der Waals surface area contributed by atoms with Crippen molar-refractivity contribution in [2.75, 3.05) is 12.4 Å². The van der Waals surface area contributed by atoms with Gasteiger partial charge in [0.05, 0.1) is 12.8 Å². The number of hydrogen-bond acceptors (Lipinski definition) is 5. The molecule has 0 spiro atoms. The highest BCUT2D eigenvalue weighted by Gasteiger charge is 2.27. The Labute approximate surface area is 183 Å². The van der Waals surface area contributed by atoms with Crippen molar-refractivity contribution < 1.29 is 33.4 Å². The molecule has 0 heterocycles. The maximum Gasteiger partial charge on any atom is 0.339 e. The van der Waals surface area contributed by atoms with Crippen LogP contribution in [0.25, 0.3) is 22.3 Å². The first kappa shape index (κ1) is 22.5. The summed E-state index contributed by atoms with van der Waals surface area (Å²) in [7, 11) is 1.35. The molecule has 1 amide bonds. The third-order valence-electron chi connectivity index (χ3n) is 4.57. The molecule has 0 atom stereocenters. The molecule has 3 aromatic carbocycles. The number of halogens is 1. The number of carboxylic acids is 1. The highest BCUT2D eigenvalue weighted by Crippen LogP contribution is 2.47. The Hall–Kier alpha value is -4.20. The van der Waals surface area contributed by atoms with Crippen molar-refractivity contribution >= 4 is 23.5 Å². The van der Waals surface area contributed by atoms with Crippen molar-refractivity contribution in [1.82, 2.24) is 0 Å². The molecule has 0 saturated carbocycles. The van der Waals surface area contributed by atoms with Gasteiger partial charge in [0.1, 0.15) is 17.1 Å². The van der Waals surface area contributed by atoms with Gasteiger partial charge in [0, 0.05) is 36.6 Å². The summed E-state index contributed by atoms with van der Waals surface area (Å²) in [4.78, 5) is 36.1. The van der Waals surface area contributed by atoms with Gasteiger partial charge in [-0.3, -0.25) is 9.59 Å². The molecule has 0 bridgehead atoms. The fraction of sp³-hybridized carbons (Fsp3) is 0.125. The zero-order valence-corrected chi connectivity index (χ0v) is 17.6. The van der Waals surface area contributed by atoms with Crippen LogP contribution in [0.2, 0.25) is 0 Å². The number of rotatable bonds is 6. The summed E-state index contributed by atoms with van der Waals surface area (Å²) in [6, 6.07) is 13.6. The van der Waals surface area contributed by atoms with E-state index in [0.29, 0.717) is 11.1 Å². The number of benzene rings is 3. The van der Waals surface area contributed by atoms with Gasteiger partial charge >= 0.3 is 11.9 Å². The van der Waals surface area contributed by atoms with E-state index in [0.717, 1.165) is 13.0 Å². The fourth-order valence-corrected chi connectivity index (χ4v) is 3.36. The summed E-state index contributed by atoms with van der Waals surface area (Å²) in [5.41, 5.74) is 1.16. The Morgan fingerprint density at radius 1 is 0.969 bits per heavy atom. The van der Waals surface area contributed by atoms with E-state index in [2.05, 4.69) is 5.32 Å². The maximum absolute atomic E-state index is 13.8. The predicted octanol–water partition coefficient (Wildman–Crippen LogP) is 4.75. The number of carboxylic acid groups (broad SMARTS) is 1. The number of aromatic carboxylic acids is 1. The first-order valence-electron chi connectivity index (χ1n) is 9.52. The molecule has 3 aromatic rings. The average Bonchev–Trinajstić information content (AvgIpc) is 2.73. The molecule has 3 rings (SSSR count). The van der Waals surface area contributed by atoms with Crippen LogP contribution >= 0.6 is 0 Å². The van der Waals surface area contributed by atoms with Crippen molar-refractivity contribution in [3.05, 3.63) is 66.0 Å². The lowest BCUT2D eigenvalue weighted by Gasteiger charge is -2.22. The zero-order valence-electron chi connectivity index (χ0n) is 17.6. The van der Waals surface area contributed by atoms with E-state index in [1.54, 1.807) is 30.3 Å². The van der Waals surface area contributed by atoms with Crippen LogP contribution < -0.4 is 14.8 Å². The highest BCUT2D eigenvalue weighted by atomic mass is 19.1. The quantitative estimate of drug-likeness (QED) is 0.426. The van der Waals surface area contributed by atoms with E-state index in [1.807, 2.05) is 0 Å². The second kappa shape index (κ2) is 9.30. The number of methoxy groups -OCH3 is 1. The first-order valence-corrected chi connectivity index (χ1v) is 9.52. The molecule has 0 saturated heterocycles. The first-order chi connectivity index (χ1) is 15.2. The Kier molecular flexibility index (Phi) is 6.53.